The molecule has 0 saturated heterocycles. The number of imidazole rings is 1. The van der Waals surface area contributed by atoms with Crippen LogP contribution in [0, 0.1) is 11.6 Å². The average molecular weight is 266 g/mol. The fraction of sp³-hybridized carbons (Fsp3) is 0.357. The van der Waals surface area contributed by atoms with Crippen molar-refractivity contribution in [2.24, 2.45) is 7.05 Å². The van der Waals surface area contributed by atoms with Crippen molar-refractivity contribution in [3.63, 3.8) is 0 Å². The molecule has 2 aromatic rings. The molecular formula is C14H16F2N2O. The van der Waals surface area contributed by atoms with Crippen LogP contribution >= 0.6 is 0 Å². The third kappa shape index (κ3) is 3.61. The summed E-state index contributed by atoms with van der Waals surface area (Å²) >= 11 is 0. The van der Waals surface area contributed by atoms with Crippen molar-refractivity contribution in [3.05, 3.63) is 53.6 Å². The molecule has 19 heavy (non-hydrogen) atoms. The Morgan fingerprint density at radius 3 is 2.79 bits per heavy atom. The van der Waals surface area contributed by atoms with Crippen molar-refractivity contribution in [1.82, 2.24) is 9.55 Å². The van der Waals surface area contributed by atoms with Crippen LogP contribution in [0.1, 0.15) is 17.8 Å². The number of aryl methyl sites for hydroxylation is 2. The van der Waals surface area contributed by atoms with Crippen molar-refractivity contribution in [2.75, 3.05) is 0 Å². The highest BCUT2D eigenvalue weighted by Crippen LogP contribution is 2.14. The van der Waals surface area contributed by atoms with E-state index in [1.54, 1.807) is 6.20 Å². The zero-order valence-corrected chi connectivity index (χ0v) is 10.7. The van der Waals surface area contributed by atoms with Crippen molar-refractivity contribution in [1.29, 1.82) is 0 Å². The van der Waals surface area contributed by atoms with E-state index in [1.807, 2.05) is 17.8 Å². The number of rotatable bonds is 5. The number of hydrogen-bond acceptors (Lipinski definition) is 2. The number of aromatic nitrogens is 2. The van der Waals surface area contributed by atoms with Crippen LogP contribution in [0.25, 0.3) is 0 Å². The first-order valence-electron chi connectivity index (χ1n) is 6.14. The van der Waals surface area contributed by atoms with E-state index in [0.717, 1.165) is 11.9 Å². The molecule has 1 unspecified atom stereocenters. The van der Waals surface area contributed by atoms with Crippen LogP contribution in [0.3, 0.4) is 0 Å². The SMILES string of the molecule is Cn1ccnc1CCC(O)Cc1ccc(F)cc1F. The molecule has 1 N–H and O–H groups in total. The van der Waals surface area contributed by atoms with Gasteiger partial charge < -0.3 is 9.67 Å². The van der Waals surface area contributed by atoms with Crippen molar-refractivity contribution in [2.45, 2.75) is 25.4 Å². The Labute approximate surface area is 110 Å². The maximum Gasteiger partial charge on any atom is 0.129 e. The molecule has 3 nitrogen and oxygen atoms in total. The van der Waals surface area contributed by atoms with E-state index in [1.165, 1.54) is 12.1 Å². The van der Waals surface area contributed by atoms with Gasteiger partial charge in [0.05, 0.1) is 6.10 Å². The van der Waals surface area contributed by atoms with E-state index >= 15 is 0 Å². The monoisotopic (exact) mass is 266 g/mol. The summed E-state index contributed by atoms with van der Waals surface area (Å²) in [6.45, 7) is 0. The number of benzene rings is 1. The molecule has 0 spiro atoms. The lowest BCUT2D eigenvalue weighted by molar-refractivity contribution is 0.163. The Bertz CT molecular complexity index is 554. The number of halogens is 2. The van der Waals surface area contributed by atoms with Gasteiger partial charge in [0.15, 0.2) is 0 Å². The van der Waals surface area contributed by atoms with Gasteiger partial charge in [0, 0.05) is 38.3 Å². The van der Waals surface area contributed by atoms with Gasteiger partial charge in [0.1, 0.15) is 17.5 Å². The molecular weight excluding hydrogens is 250 g/mol. The van der Waals surface area contributed by atoms with Gasteiger partial charge in [-0.2, -0.15) is 0 Å². The summed E-state index contributed by atoms with van der Waals surface area (Å²) in [7, 11) is 1.88. The summed E-state index contributed by atoms with van der Waals surface area (Å²) in [6.07, 6.45) is 4.14. The van der Waals surface area contributed by atoms with Crippen LogP contribution in [0.15, 0.2) is 30.6 Å². The minimum atomic E-state index is -0.670. The van der Waals surface area contributed by atoms with Crippen LogP contribution < -0.4 is 0 Å². The molecule has 2 rings (SSSR count). The summed E-state index contributed by atoms with van der Waals surface area (Å²) in [6, 6.07) is 3.40. The minimum Gasteiger partial charge on any atom is -0.393 e. The zero-order valence-electron chi connectivity index (χ0n) is 10.7. The van der Waals surface area contributed by atoms with E-state index in [4.69, 9.17) is 0 Å². The molecule has 0 fully saturated rings. The molecule has 102 valence electrons. The van der Waals surface area contributed by atoms with Gasteiger partial charge in [-0.1, -0.05) is 6.07 Å². The average Bonchev–Trinajstić information content (AvgIpc) is 2.76. The maximum absolute atomic E-state index is 13.4. The second kappa shape index (κ2) is 5.93. The number of aliphatic hydroxyl groups excluding tert-OH is 1. The van der Waals surface area contributed by atoms with Gasteiger partial charge >= 0.3 is 0 Å². The maximum atomic E-state index is 13.4. The van der Waals surface area contributed by atoms with Crippen molar-refractivity contribution >= 4 is 0 Å². The topological polar surface area (TPSA) is 38.0 Å². The Morgan fingerprint density at radius 1 is 1.37 bits per heavy atom. The van der Waals surface area contributed by atoms with Gasteiger partial charge in [0.2, 0.25) is 0 Å². The molecule has 5 heteroatoms. The summed E-state index contributed by atoms with van der Waals surface area (Å²) < 4.78 is 28.1. The Balaban J connectivity index is 1.90. The molecule has 1 aromatic heterocycles. The Kier molecular flexibility index (Phi) is 4.27. The van der Waals surface area contributed by atoms with Gasteiger partial charge in [0.25, 0.3) is 0 Å². The van der Waals surface area contributed by atoms with E-state index in [9.17, 15) is 13.9 Å². The third-order valence-corrected chi connectivity index (χ3v) is 3.09. The predicted molar refractivity (Wildman–Crippen MR) is 67.6 cm³/mol. The molecule has 0 saturated carbocycles. The molecule has 0 aliphatic rings. The van der Waals surface area contributed by atoms with Crippen LogP contribution in [0.2, 0.25) is 0 Å². The molecule has 1 aromatic carbocycles. The minimum absolute atomic E-state index is 0.177. The van der Waals surface area contributed by atoms with Crippen molar-refractivity contribution in [3.8, 4) is 0 Å². The molecule has 0 aliphatic carbocycles. The Morgan fingerprint density at radius 2 is 2.16 bits per heavy atom. The highest BCUT2D eigenvalue weighted by Gasteiger charge is 2.11. The highest BCUT2D eigenvalue weighted by atomic mass is 19.1. The summed E-state index contributed by atoms with van der Waals surface area (Å²) in [4.78, 5) is 4.15. The first-order valence-corrected chi connectivity index (χ1v) is 6.14. The molecule has 1 atom stereocenters. The van der Waals surface area contributed by atoms with Gasteiger partial charge in [-0.05, 0) is 18.1 Å². The lowest BCUT2D eigenvalue weighted by atomic mass is 10.0. The fourth-order valence-corrected chi connectivity index (χ4v) is 1.98. The Hall–Kier alpha value is -1.75. The smallest absolute Gasteiger partial charge is 0.129 e. The fourth-order valence-electron chi connectivity index (χ4n) is 1.98. The van der Waals surface area contributed by atoms with Crippen LogP contribution in [-0.4, -0.2) is 20.8 Å². The number of aliphatic hydroxyl groups is 1. The van der Waals surface area contributed by atoms with Crippen LogP contribution in [-0.2, 0) is 19.9 Å². The largest absolute Gasteiger partial charge is 0.393 e. The van der Waals surface area contributed by atoms with Crippen molar-refractivity contribution < 1.29 is 13.9 Å². The second-order valence-corrected chi connectivity index (χ2v) is 4.59. The molecule has 0 aliphatic heterocycles. The standard InChI is InChI=1S/C14H16F2N2O/c1-18-7-6-17-14(18)5-4-12(19)8-10-2-3-11(15)9-13(10)16/h2-3,6-7,9,12,19H,4-5,8H2,1H3. The molecule has 0 bridgehead atoms. The molecule has 0 radical (unpaired) electrons. The van der Waals surface area contributed by atoms with Gasteiger partial charge in [-0.25, -0.2) is 13.8 Å². The van der Waals surface area contributed by atoms with E-state index < -0.39 is 17.7 Å². The summed E-state index contributed by atoms with van der Waals surface area (Å²) in [5, 5.41) is 9.89. The van der Waals surface area contributed by atoms with E-state index in [-0.39, 0.29) is 6.42 Å². The lowest BCUT2D eigenvalue weighted by Gasteiger charge is -2.11. The first kappa shape index (κ1) is 13.7. The first-order chi connectivity index (χ1) is 9.06. The highest BCUT2D eigenvalue weighted by molar-refractivity contribution is 5.19. The van der Waals surface area contributed by atoms with Gasteiger partial charge in [-0.3, -0.25) is 0 Å². The lowest BCUT2D eigenvalue weighted by Crippen LogP contribution is -2.14. The van der Waals surface area contributed by atoms with E-state index in [0.29, 0.717) is 18.4 Å². The normalized spacial score (nSPS) is 12.6. The quantitative estimate of drug-likeness (QED) is 0.901. The summed E-state index contributed by atoms with van der Waals surface area (Å²) in [5.41, 5.74) is 0.328. The van der Waals surface area contributed by atoms with E-state index in [2.05, 4.69) is 4.98 Å². The predicted octanol–water partition coefficient (Wildman–Crippen LogP) is 2.23. The second-order valence-electron chi connectivity index (χ2n) is 4.59. The van der Waals surface area contributed by atoms with Gasteiger partial charge in [-0.15, -0.1) is 0 Å². The third-order valence-electron chi connectivity index (χ3n) is 3.09. The molecule has 1 heterocycles. The van der Waals surface area contributed by atoms with Crippen LogP contribution in [0.4, 0.5) is 8.78 Å². The van der Waals surface area contributed by atoms with Crippen LogP contribution in [0.5, 0.6) is 0 Å². The number of hydrogen-bond donors (Lipinski definition) is 1. The number of nitrogens with zero attached hydrogens (tertiary/aromatic N) is 2. The summed E-state index contributed by atoms with van der Waals surface area (Å²) in [5.74, 6) is -0.349. The molecule has 0 amide bonds. The zero-order chi connectivity index (χ0) is 13.8.